The molecule has 0 aliphatic carbocycles. The Labute approximate surface area is 114 Å². The van der Waals surface area contributed by atoms with Gasteiger partial charge in [0.15, 0.2) is 0 Å². The highest BCUT2D eigenvalue weighted by atomic mass is 16.5. The fraction of sp³-hybridized carbons (Fsp3) is 0.643. The van der Waals surface area contributed by atoms with Gasteiger partial charge in [0.05, 0.1) is 12.2 Å². The van der Waals surface area contributed by atoms with Gasteiger partial charge in [0, 0.05) is 31.0 Å². The number of rotatable bonds is 5. The van der Waals surface area contributed by atoms with Crippen molar-refractivity contribution >= 4 is 5.91 Å². The van der Waals surface area contributed by atoms with Gasteiger partial charge in [-0.3, -0.25) is 4.79 Å². The molecular formula is C14H23N3O2. The van der Waals surface area contributed by atoms with Crippen molar-refractivity contribution in [2.24, 2.45) is 5.41 Å². The van der Waals surface area contributed by atoms with E-state index in [0.717, 1.165) is 37.2 Å². The summed E-state index contributed by atoms with van der Waals surface area (Å²) in [7, 11) is 1.72. The van der Waals surface area contributed by atoms with Crippen molar-refractivity contribution in [1.82, 2.24) is 15.6 Å². The van der Waals surface area contributed by atoms with Gasteiger partial charge >= 0.3 is 0 Å². The summed E-state index contributed by atoms with van der Waals surface area (Å²) in [6, 6.07) is 1.82. The summed E-state index contributed by atoms with van der Waals surface area (Å²) in [4.78, 5) is 15.2. The molecular weight excluding hydrogens is 242 g/mol. The first-order valence-electron chi connectivity index (χ1n) is 6.79. The van der Waals surface area contributed by atoms with E-state index in [-0.39, 0.29) is 11.3 Å². The van der Waals surface area contributed by atoms with Crippen molar-refractivity contribution in [3.8, 4) is 0 Å². The van der Waals surface area contributed by atoms with Crippen LogP contribution in [0.25, 0.3) is 0 Å². The van der Waals surface area contributed by atoms with Gasteiger partial charge in [0.25, 0.3) is 5.91 Å². The van der Waals surface area contributed by atoms with E-state index in [4.69, 9.17) is 4.74 Å². The van der Waals surface area contributed by atoms with Crippen molar-refractivity contribution in [1.29, 1.82) is 0 Å². The number of nitrogens with one attached hydrogen (secondary N) is 3. The minimum atomic E-state index is -0.00670. The summed E-state index contributed by atoms with van der Waals surface area (Å²) in [6.45, 7) is 5.25. The first-order chi connectivity index (χ1) is 9.17. The monoisotopic (exact) mass is 265 g/mol. The molecule has 0 saturated carbocycles. The molecule has 2 rings (SSSR count). The van der Waals surface area contributed by atoms with E-state index in [0.29, 0.717) is 13.2 Å². The molecule has 0 atom stereocenters. The Morgan fingerprint density at radius 2 is 2.21 bits per heavy atom. The minimum Gasteiger partial charge on any atom is -0.384 e. The molecule has 106 valence electrons. The first kappa shape index (κ1) is 14.1. The topological polar surface area (TPSA) is 66.1 Å². The average molecular weight is 265 g/mol. The van der Waals surface area contributed by atoms with E-state index in [1.165, 1.54) is 0 Å². The van der Waals surface area contributed by atoms with Gasteiger partial charge in [0.2, 0.25) is 0 Å². The van der Waals surface area contributed by atoms with Crippen LogP contribution < -0.4 is 10.6 Å². The number of H-pyrrole nitrogens is 1. The molecule has 1 saturated heterocycles. The smallest absolute Gasteiger partial charge is 0.253 e. The SMILES string of the molecule is COCC1(CNC(=O)c2cc[nH]c2C)CCNCC1. The van der Waals surface area contributed by atoms with Crippen LogP contribution in [0.4, 0.5) is 0 Å². The normalized spacial score (nSPS) is 18.2. The second kappa shape index (κ2) is 6.21. The molecule has 19 heavy (non-hydrogen) atoms. The van der Waals surface area contributed by atoms with Crippen LogP contribution in [-0.2, 0) is 4.74 Å². The van der Waals surface area contributed by atoms with Crippen molar-refractivity contribution < 1.29 is 9.53 Å². The Morgan fingerprint density at radius 1 is 1.47 bits per heavy atom. The molecule has 0 spiro atoms. The van der Waals surface area contributed by atoms with E-state index in [1.54, 1.807) is 13.3 Å². The van der Waals surface area contributed by atoms with Crippen molar-refractivity contribution in [3.63, 3.8) is 0 Å². The summed E-state index contributed by atoms with van der Waals surface area (Å²) in [5.74, 6) is -0.00670. The van der Waals surface area contributed by atoms with Crippen LogP contribution in [0.5, 0.6) is 0 Å². The summed E-state index contributed by atoms with van der Waals surface area (Å²) in [5, 5.41) is 6.40. The Morgan fingerprint density at radius 3 is 2.79 bits per heavy atom. The number of ether oxygens (including phenoxy) is 1. The molecule has 1 aromatic rings. The molecule has 0 aromatic carbocycles. The number of hydrogen-bond donors (Lipinski definition) is 3. The maximum atomic E-state index is 12.1. The third kappa shape index (κ3) is 3.36. The molecule has 0 radical (unpaired) electrons. The van der Waals surface area contributed by atoms with Crippen LogP contribution >= 0.6 is 0 Å². The van der Waals surface area contributed by atoms with Crippen molar-refractivity contribution in [2.45, 2.75) is 19.8 Å². The van der Waals surface area contributed by atoms with Gasteiger partial charge in [-0.05, 0) is 38.9 Å². The van der Waals surface area contributed by atoms with E-state index < -0.39 is 0 Å². The average Bonchev–Trinajstić information content (AvgIpc) is 2.84. The molecule has 0 unspecified atom stereocenters. The van der Waals surface area contributed by atoms with E-state index in [9.17, 15) is 4.79 Å². The van der Waals surface area contributed by atoms with Gasteiger partial charge in [-0.1, -0.05) is 0 Å². The second-order valence-corrected chi connectivity index (χ2v) is 5.38. The lowest BCUT2D eigenvalue weighted by molar-refractivity contribution is 0.0511. The van der Waals surface area contributed by atoms with Crippen molar-refractivity contribution in [2.75, 3.05) is 33.4 Å². The van der Waals surface area contributed by atoms with Gasteiger partial charge in [0.1, 0.15) is 0 Å². The Bertz CT molecular complexity index is 417. The van der Waals surface area contributed by atoms with E-state index in [1.807, 2.05) is 13.0 Å². The second-order valence-electron chi connectivity index (χ2n) is 5.38. The van der Waals surface area contributed by atoms with Gasteiger partial charge in [-0.15, -0.1) is 0 Å². The minimum absolute atomic E-state index is 0.00670. The largest absolute Gasteiger partial charge is 0.384 e. The summed E-state index contributed by atoms with van der Waals surface area (Å²) < 4.78 is 5.35. The summed E-state index contributed by atoms with van der Waals surface area (Å²) in [5.41, 5.74) is 1.70. The van der Waals surface area contributed by atoms with Crippen LogP contribution in [0.3, 0.4) is 0 Å². The molecule has 1 aliphatic heterocycles. The van der Waals surface area contributed by atoms with Crippen LogP contribution in [0.2, 0.25) is 0 Å². The number of methoxy groups -OCH3 is 1. The van der Waals surface area contributed by atoms with Gasteiger partial charge in [-0.25, -0.2) is 0 Å². The number of aromatic amines is 1. The Balaban J connectivity index is 1.95. The highest BCUT2D eigenvalue weighted by Gasteiger charge is 2.32. The zero-order valence-electron chi connectivity index (χ0n) is 11.7. The summed E-state index contributed by atoms with van der Waals surface area (Å²) >= 11 is 0. The lowest BCUT2D eigenvalue weighted by Crippen LogP contribution is -2.47. The van der Waals surface area contributed by atoms with Gasteiger partial charge in [-0.2, -0.15) is 0 Å². The Hall–Kier alpha value is -1.33. The maximum Gasteiger partial charge on any atom is 0.253 e. The van der Waals surface area contributed by atoms with E-state index in [2.05, 4.69) is 15.6 Å². The molecule has 5 heteroatoms. The fourth-order valence-corrected chi connectivity index (χ4v) is 2.70. The van der Waals surface area contributed by atoms with Crippen LogP contribution in [-0.4, -0.2) is 44.2 Å². The molecule has 1 aliphatic rings. The quantitative estimate of drug-likeness (QED) is 0.746. The number of amides is 1. The van der Waals surface area contributed by atoms with Crippen LogP contribution in [0, 0.1) is 12.3 Å². The predicted molar refractivity (Wildman–Crippen MR) is 74.3 cm³/mol. The van der Waals surface area contributed by atoms with E-state index >= 15 is 0 Å². The molecule has 1 amide bonds. The first-order valence-corrected chi connectivity index (χ1v) is 6.79. The third-order valence-corrected chi connectivity index (χ3v) is 3.94. The molecule has 5 nitrogen and oxygen atoms in total. The Kier molecular flexibility index (Phi) is 4.61. The fourth-order valence-electron chi connectivity index (χ4n) is 2.70. The maximum absolute atomic E-state index is 12.1. The molecule has 1 fully saturated rings. The molecule has 0 bridgehead atoms. The lowest BCUT2D eigenvalue weighted by Gasteiger charge is -2.37. The summed E-state index contributed by atoms with van der Waals surface area (Å²) in [6.07, 6.45) is 3.86. The number of carbonyl (C=O) groups excluding carboxylic acids is 1. The highest BCUT2D eigenvalue weighted by molar-refractivity contribution is 5.95. The molecule has 1 aromatic heterocycles. The molecule has 3 N–H and O–H groups in total. The number of hydrogen-bond acceptors (Lipinski definition) is 3. The van der Waals surface area contributed by atoms with Gasteiger partial charge < -0.3 is 20.4 Å². The lowest BCUT2D eigenvalue weighted by atomic mass is 9.79. The zero-order chi connectivity index (χ0) is 13.7. The number of aryl methyl sites for hydroxylation is 1. The third-order valence-electron chi connectivity index (χ3n) is 3.94. The highest BCUT2D eigenvalue weighted by Crippen LogP contribution is 2.28. The van der Waals surface area contributed by atoms with Crippen LogP contribution in [0.1, 0.15) is 28.9 Å². The number of carbonyl (C=O) groups is 1. The zero-order valence-corrected chi connectivity index (χ0v) is 11.7. The number of aromatic nitrogens is 1. The molecule has 2 heterocycles. The predicted octanol–water partition coefficient (Wildman–Crippen LogP) is 1.07. The van der Waals surface area contributed by atoms with Crippen LogP contribution in [0.15, 0.2) is 12.3 Å². The number of piperidine rings is 1. The van der Waals surface area contributed by atoms with Crippen molar-refractivity contribution in [3.05, 3.63) is 23.5 Å². The standard InChI is InChI=1S/C14H23N3O2/c1-11-12(3-6-16-11)13(18)17-9-14(10-19-2)4-7-15-8-5-14/h3,6,15-16H,4-5,7-10H2,1-2H3,(H,17,18).